The van der Waals surface area contributed by atoms with Crippen molar-refractivity contribution in [2.24, 2.45) is 11.8 Å². The quantitative estimate of drug-likeness (QED) is 0.802. The molecule has 1 amide bonds. The fraction of sp³-hybridized carbons (Fsp3) is 0.923. The first-order chi connectivity index (χ1) is 8.13. The van der Waals surface area contributed by atoms with Gasteiger partial charge in [0.1, 0.15) is 0 Å². The van der Waals surface area contributed by atoms with Crippen molar-refractivity contribution in [1.29, 1.82) is 0 Å². The topological polar surface area (TPSA) is 41.6 Å². The molecule has 1 aliphatic heterocycles. The zero-order chi connectivity index (χ0) is 12.7. The molecular weight excluding hydrogens is 216 g/mol. The number of nitrogens with zero attached hydrogens (tertiary/aromatic N) is 1. The molecule has 0 saturated carbocycles. The average Bonchev–Trinajstić information content (AvgIpc) is 2.34. The fourth-order valence-electron chi connectivity index (χ4n) is 2.08. The molecule has 1 rings (SSSR count). The summed E-state index contributed by atoms with van der Waals surface area (Å²) >= 11 is 0. The zero-order valence-corrected chi connectivity index (χ0v) is 11.4. The van der Waals surface area contributed by atoms with E-state index in [4.69, 9.17) is 4.74 Å². The van der Waals surface area contributed by atoms with Gasteiger partial charge in [-0.25, -0.2) is 4.79 Å². The number of piperidine rings is 1. The lowest BCUT2D eigenvalue weighted by molar-refractivity contribution is 0.0783. The molecule has 0 aromatic rings. The summed E-state index contributed by atoms with van der Waals surface area (Å²) in [6.45, 7) is 7.41. The van der Waals surface area contributed by atoms with Crippen molar-refractivity contribution in [2.75, 3.05) is 33.3 Å². The molecule has 1 N–H and O–H groups in total. The highest BCUT2D eigenvalue weighted by atomic mass is 16.6. The molecule has 1 heterocycles. The molecule has 0 aromatic heterocycles. The molecule has 0 bridgehead atoms. The summed E-state index contributed by atoms with van der Waals surface area (Å²) in [4.78, 5) is 13.6. The number of ether oxygens (including phenoxy) is 1. The first-order valence-corrected chi connectivity index (χ1v) is 6.69. The average molecular weight is 242 g/mol. The van der Waals surface area contributed by atoms with E-state index >= 15 is 0 Å². The normalized spacial score (nSPS) is 17.5. The fourth-order valence-corrected chi connectivity index (χ4v) is 2.08. The van der Waals surface area contributed by atoms with Crippen molar-refractivity contribution in [1.82, 2.24) is 10.2 Å². The summed E-state index contributed by atoms with van der Waals surface area (Å²) in [7, 11) is 1.98. The van der Waals surface area contributed by atoms with Gasteiger partial charge in [-0.1, -0.05) is 13.8 Å². The SMILES string of the molecule is CNCCC1CCN(C(=O)OCC(C)C)CC1. The van der Waals surface area contributed by atoms with Crippen molar-refractivity contribution in [3.8, 4) is 0 Å². The minimum atomic E-state index is -0.134. The monoisotopic (exact) mass is 242 g/mol. The van der Waals surface area contributed by atoms with Crippen LogP contribution in [0.25, 0.3) is 0 Å². The van der Waals surface area contributed by atoms with Crippen molar-refractivity contribution < 1.29 is 9.53 Å². The van der Waals surface area contributed by atoms with Crippen LogP contribution in [-0.2, 0) is 4.74 Å². The highest BCUT2D eigenvalue weighted by Gasteiger charge is 2.23. The molecule has 17 heavy (non-hydrogen) atoms. The molecule has 0 aromatic carbocycles. The maximum Gasteiger partial charge on any atom is 0.409 e. The van der Waals surface area contributed by atoms with Gasteiger partial charge in [-0.05, 0) is 44.7 Å². The highest BCUT2D eigenvalue weighted by molar-refractivity contribution is 5.67. The maximum absolute atomic E-state index is 11.7. The largest absolute Gasteiger partial charge is 0.449 e. The van der Waals surface area contributed by atoms with Crippen LogP contribution >= 0.6 is 0 Å². The van der Waals surface area contributed by atoms with Crippen molar-refractivity contribution in [3.63, 3.8) is 0 Å². The zero-order valence-electron chi connectivity index (χ0n) is 11.4. The van der Waals surface area contributed by atoms with Gasteiger partial charge < -0.3 is 15.0 Å². The van der Waals surface area contributed by atoms with E-state index in [2.05, 4.69) is 19.2 Å². The molecule has 4 nitrogen and oxygen atoms in total. The molecule has 0 radical (unpaired) electrons. The molecule has 0 atom stereocenters. The van der Waals surface area contributed by atoms with E-state index in [1.807, 2.05) is 11.9 Å². The van der Waals surface area contributed by atoms with E-state index in [9.17, 15) is 4.79 Å². The van der Waals surface area contributed by atoms with Crippen LogP contribution in [0.15, 0.2) is 0 Å². The standard InChI is InChI=1S/C13H26N2O2/c1-11(2)10-17-13(16)15-8-5-12(6-9-15)4-7-14-3/h11-12,14H,4-10H2,1-3H3. The van der Waals surface area contributed by atoms with Gasteiger partial charge in [-0.15, -0.1) is 0 Å². The molecule has 1 aliphatic rings. The molecule has 1 fully saturated rings. The number of carbonyl (C=O) groups is 1. The lowest BCUT2D eigenvalue weighted by Crippen LogP contribution is -2.39. The van der Waals surface area contributed by atoms with E-state index in [1.54, 1.807) is 0 Å². The van der Waals surface area contributed by atoms with Crippen LogP contribution < -0.4 is 5.32 Å². The number of hydrogen-bond donors (Lipinski definition) is 1. The van der Waals surface area contributed by atoms with Gasteiger partial charge in [-0.2, -0.15) is 0 Å². The van der Waals surface area contributed by atoms with Gasteiger partial charge >= 0.3 is 6.09 Å². The van der Waals surface area contributed by atoms with Gasteiger partial charge in [0.15, 0.2) is 0 Å². The first-order valence-electron chi connectivity index (χ1n) is 6.69. The van der Waals surface area contributed by atoms with Crippen molar-refractivity contribution in [2.45, 2.75) is 33.1 Å². The third-order valence-electron chi connectivity index (χ3n) is 3.22. The molecule has 1 saturated heterocycles. The Morgan fingerprint density at radius 1 is 1.41 bits per heavy atom. The number of amides is 1. The summed E-state index contributed by atoms with van der Waals surface area (Å²) in [5.74, 6) is 1.17. The van der Waals surface area contributed by atoms with Crippen LogP contribution in [0.1, 0.15) is 33.1 Å². The highest BCUT2D eigenvalue weighted by Crippen LogP contribution is 2.20. The Morgan fingerprint density at radius 3 is 2.59 bits per heavy atom. The van der Waals surface area contributed by atoms with E-state index in [0.717, 1.165) is 38.4 Å². The summed E-state index contributed by atoms with van der Waals surface area (Å²) in [5.41, 5.74) is 0. The van der Waals surface area contributed by atoms with E-state index in [1.165, 1.54) is 6.42 Å². The number of carbonyl (C=O) groups excluding carboxylic acids is 1. The number of hydrogen-bond acceptors (Lipinski definition) is 3. The predicted molar refractivity (Wildman–Crippen MR) is 69.0 cm³/mol. The molecule has 100 valence electrons. The second-order valence-electron chi connectivity index (χ2n) is 5.29. The second-order valence-corrected chi connectivity index (χ2v) is 5.29. The first kappa shape index (κ1) is 14.3. The Hall–Kier alpha value is -0.770. The Balaban J connectivity index is 2.19. The minimum Gasteiger partial charge on any atom is -0.449 e. The van der Waals surface area contributed by atoms with Crippen molar-refractivity contribution >= 4 is 6.09 Å². The molecule has 4 heteroatoms. The van der Waals surface area contributed by atoms with Gasteiger partial charge in [0, 0.05) is 13.1 Å². The summed E-state index contributed by atoms with van der Waals surface area (Å²) in [5, 5.41) is 3.18. The third kappa shape index (κ3) is 5.39. The summed E-state index contributed by atoms with van der Waals surface area (Å²) < 4.78 is 5.23. The van der Waals surface area contributed by atoms with Crippen LogP contribution in [0.5, 0.6) is 0 Å². The summed E-state index contributed by atoms with van der Waals surface area (Å²) in [6.07, 6.45) is 3.30. The molecule has 0 unspecified atom stereocenters. The van der Waals surface area contributed by atoms with E-state index in [0.29, 0.717) is 12.5 Å². The van der Waals surface area contributed by atoms with Crippen LogP contribution in [0.4, 0.5) is 4.79 Å². The van der Waals surface area contributed by atoms with Crippen LogP contribution in [-0.4, -0.2) is 44.3 Å². The Bertz CT molecular complexity index is 223. The second kappa shape index (κ2) is 7.54. The van der Waals surface area contributed by atoms with Gasteiger partial charge in [-0.3, -0.25) is 0 Å². The Morgan fingerprint density at radius 2 is 2.06 bits per heavy atom. The number of nitrogens with one attached hydrogen (secondary N) is 1. The number of rotatable bonds is 5. The lowest BCUT2D eigenvalue weighted by Gasteiger charge is -2.31. The van der Waals surface area contributed by atoms with Crippen LogP contribution in [0.2, 0.25) is 0 Å². The maximum atomic E-state index is 11.7. The van der Waals surface area contributed by atoms with E-state index in [-0.39, 0.29) is 6.09 Å². The van der Waals surface area contributed by atoms with Gasteiger partial charge in [0.2, 0.25) is 0 Å². The smallest absolute Gasteiger partial charge is 0.409 e. The lowest BCUT2D eigenvalue weighted by atomic mass is 9.94. The van der Waals surface area contributed by atoms with Crippen LogP contribution in [0.3, 0.4) is 0 Å². The Labute approximate surface area is 105 Å². The van der Waals surface area contributed by atoms with Crippen molar-refractivity contribution in [3.05, 3.63) is 0 Å². The minimum absolute atomic E-state index is 0.134. The third-order valence-corrected chi connectivity index (χ3v) is 3.22. The van der Waals surface area contributed by atoms with Crippen LogP contribution in [0, 0.1) is 11.8 Å². The summed E-state index contributed by atoms with van der Waals surface area (Å²) in [6, 6.07) is 0. The van der Waals surface area contributed by atoms with Gasteiger partial charge in [0.25, 0.3) is 0 Å². The predicted octanol–water partition coefficient (Wildman–Crippen LogP) is 2.10. The molecular formula is C13H26N2O2. The van der Waals surface area contributed by atoms with E-state index < -0.39 is 0 Å². The molecule has 0 aliphatic carbocycles. The van der Waals surface area contributed by atoms with Gasteiger partial charge in [0.05, 0.1) is 6.61 Å². The Kier molecular flexibility index (Phi) is 6.34. The molecule has 0 spiro atoms. The number of likely N-dealkylation sites (tertiary alicyclic amines) is 1.